The zero-order chi connectivity index (χ0) is 16.2. The maximum absolute atomic E-state index is 11.3. The minimum atomic E-state index is -0.767. The fraction of sp³-hybridized carbons (Fsp3) is 0.0500. The van der Waals surface area contributed by atoms with E-state index >= 15 is 0 Å². The van der Waals surface area contributed by atoms with Gasteiger partial charge in [0.25, 0.3) is 0 Å². The zero-order valence-electron chi connectivity index (χ0n) is 12.8. The number of carbonyl (C=O) groups is 1. The van der Waals surface area contributed by atoms with E-state index in [1.165, 1.54) is 10.6 Å². The molecule has 0 amide bonds. The molecule has 0 bridgehead atoms. The Labute approximate surface area is 137 Å². The molecule has 3 heteroatoms. The monoisotopic (exact) mass is 320 g/mol. The maximum Gasteiger partial charge on any atom is 0.153 e. The maximum atomic E-state index is 11.3. The lowest BCUT2D eigenvalue weighted by Gasteiger charge is -2.20. The Kier molecular flexibility index (Phi) is 4.55. The summed E-state index contributed by atoms with van der Waals surface area (Å²) in [5.74, 6) is 0.0693. The van der Waals surface area contributed by atoms with Gasteiger partial charge in [0, 0.05) is 0 Å². The molecule has 0 aliphatic rings. The number of hydrogen-bond acceptors (Lipinski definition) is 2. The minimum Gasteiger partial charge on any atom is -0.507 e. The van der Waals surface area contributed by atoms with Crippen LogP contribution in [0.25, 0.3) is 0 Å². The van der Waals surface area contributed by atoms with Crippen LogP contribution in [0.15, 0.2) is 72.8 Å². The highest BCUT2D eigenvalue weighted by Crippen LogP contribution is 2.34. The van der Waals surface area contributed by atoms with Crippen molar-refractivity contribution in [2.45, 2.75) is 6.92 Å². The largest absolute Gasteiger partial charge is 0.507 e. The summed E-state index contributed by atoms with van der Waals surface area (Å²) in [6.07, 6.45) is 0.718. The molecule has 0 aromatic heterocycles. The number of benzene rings is 3. The summed E-state index contributed by atoms with van der Waals surface area (Å²) in [6, 6.07) is 24.4. The van der Waals surface area contributed by atoms with Crippen LogP contribution in [0.3, 0.4) is 0 Å². The summed E-state index contributed by atoms with van der Waals surface area (Å²) in [5, 5.41) is 13.5. The molecule has 23 heavy (non-hydrogen) atoms. The second-order valence-electron chi connectivity index (χ2n) is 5.32. The standard InChI is InChI=1S/C20H17O2P/c1-15-12-19(13-16(14-21)20(15)22)23(17-8-4-2-5-9-17)18-10-6-3-7-11-18/h2-14,22H,1H3. The lowest BCUT2D eigenvalue weighted by Crippen LogP contribution is -2.21. The second kappa shape index (κ2) is 6.76. The van der Waals surface area contributed by atoms with Crippen LogP contribution in [-0.2, 0) is 0 Å². The topological polar surface area (TPSA) is 37.3 Å². The molecule has 0 aliphatic heterocycles. The van der Waals surface area contributed by atoms with E-state index in [0.717, 1.165) is 17.2 Å². The Morgan fingerprint density at radius 3 is 1.83 bits per heavy atom. The molecule has 2 nitrogen and oxygen atoms in total. The van der Waals surface area contributed by atoms with Crippen molar-refractivity contribution in [3.05, 3.63) is 83.9 Å². The Morgan fingerprint density at radius 2 is 1.35 bits per heavy atom. The van der Waals surface area contributed by atoms with Gasteiger partial charge in [-0.05, 0) is 48.5 Å². The van der Waals surface area contributed by atoms with Crippen LogP contribution < -0.4 is 15.9 Å². The van der Waals surface area contributed by atoms with Crippen molar-refractivity contribution in [1.29, 1.82) is 0 Å². The van der Waals surface area contributed by atoms with E-state index in [4.69, 9.17) is 0 Å². The number of aryl methyl sites for hydroxylation is 1. The first-order valence-corrected chi connectivity index (χ1v) is 8.74. The summed E-state index contributed by atoms with van der Waals surface area (Å²) < 4.78 is 0. The van der Waals surface area contributed by atoms with Gasteiger partial charge in [-0.15, -0.1) is 0 Å². The highest BCUT2D eigenvalue weighted by molar-refractivity contribution is 7.79. The van der Waals surface area contributed by atoms with E-state index in [1.54, 1.807) is 6.07 Å². The van der Waals surface area contributed by atoms with Crippen molar-refractivity contribution in [2.24, 2.45) is 0 Å². The van der Waals surface area contributed by atoms with Gasteiger partial charge in [-0.25, -0.2) is 0 Å². The van der Waals surface area contributed by atoms with Crippen molar-refractivity contribution >= 4 is 30.1 Å². The zero-order valence-corrected chi connectivity index (χ0v) is 13.7. The number of phenols is 1. The molecule has 0 saturated carbocycles. The number of rotatable bonds is 4. The van der Waals surface area contributed by atoms with E-state index in [9.17, 15) is 9.90 Å². The van der Waals surface area contributed by atoms with Gasteiger partial charge in [0.2, 0.25) is 0 Å². The first-order chi connectivity index (χ1) is 11.2. The van der Waals surface area contributed by atoms with Gasteiger partial charge >= 0.3 is 0 Å². The predicted octanol–water partition coefficient (Wildman–Crippen LogP) is 3.27. The van der Waals surface area contributed by atoms with Gasteiger partial charge in [0.1, 0.15) is 5.75 Å². The van der Waals surface area contributed by atoms with E-state index in [-0.39, 0.29) is 5.75 Å². The summed E-state index contributed by atoms with van der Waals surface area (Å²) in [6.45, 7) is 1.83. The van der Waals surface area contributed by atoms with Crippen LogP contribution in [0.1, 0.15) is 15.9 Å². The summed E-state index contributed by atoms with van der Waals surface area (Å²) in [5.41, 5.74) is 1.07. The fourth-order valence-electron chi connectivity index (χ4n) is 2.61. The third-order valence-corrected chi connectivity index (χ3v) is 6.13. The fourth-order valence-corrected chi connectivity index (χ4v) is 5.03. The number of aldehydes is 1. The molecular weight excluding hydrogens is 303 g/mol. The predicted molar refractivity (Wildman–Crippen MR) is 96.9 cm³/mol. The molecule has 3 rings (SSSR count). The molecule has 0 saturated heterocycles. The van der Waals surface area contributed by atoms with E-state index in [0.29, 0.717) is 5.56 Å². The Morgan fingerprint density at radius 1 is 0.826 bits per heavy atom. The lowest BCUT2D eigenvalue weighted by molar-refractivity contribution is 0.112. The highest BCUT2D eigenvalue weighted by Gasteiger charge is 2.18. The molecule has 0 unspecified atom stereocenters. The second-order valence-corrected chi connectivity index (χ2v) is 7.54. The van der Waals surface area contributed by atoms with Crippen molar-refractivity contribution in [3.8, 4) is 5.75 Å². The van der Waals surface area contributed by atoms with Crippen LogP contribution >= 0.6 is 7.92 Å². The molecule has 0 radical (unpaired) electrons. The van der Waals surface area contributed by atoms with Gasteiger partial charge in [-0.1, -0.05) is 60.7 Å². The van der Waals surface area contributed by atoms with Gasteiger partial charge in [-0.3, -0.25) is 4.79 Å². The summed E-state index contributed by atoms with van der Waals surface area (Å²) in [7, 11) is -0.767. The lowest BCUT2D eigenvalue weighted by atomic mass is 10.1. The molecule has 0 heterocycles. The van der Waals surface area contributed by atoms with Crippen LogP contribution in [0, 0.1) is 6.92 Å². The van der Waals surface area contributed by atoms with Gasteiger partial charge in [0.15, 0.2) is 6.29 Å². The normalized spacial score (nSPS) is 10.7. The average molecular weight is 320 g/mol. The van der Waals surface area contributed by atoms with Crippen LogP contribution in [-0.4, -0.2) is 11.4 Å². The van der Waals surface area contributed by atoms with Crippen molar-refractivity contribution in [1.82, 2.24) is 0 Å². The highest BCUT2D eigenvalue weighted by atomic mass is 31.1. The van der Waals surface area contributed by atoms with Crippen LogP contribution in [0.5, 0.6) is 5.75 Å². The van der Waals surface area contributed by atoms with Crippen molar-refractivity contribution in [2.75, 3.05) is 0 Å². The number of phenolic OH excluding ortho intramolecular Hbond substituents is 1. The summed E-state index contributed by atoms with van der Waals surface area (Å²) in [4.78, 5) is 11.3. The molecule has 0 spiro atoms. The molecule has 0 fully saturated rings. The minimum absolute atomic E-state index is 0.0693. The van der Waals surface area contributed by atoms with E-state index in [2.05, 4.69) is 24.3 Å². The molecule has 3 aromatic rings. The molecule has 0 atom stereocenters. The Hall–Kier alpha value is -2.44. The molecular formula is C20H17O2P. The van der Waals surface area contributed by atoms with Crippen LogP contribution in [0.4, 0.5) is 0 Å². The first-order valence-electron chi connectivity index (χ1n) is 7.39. The number of carbonyl (C=O) groups excluding carboxylic acids is 1. The van der Waals surface area contributed by atoms with E-state index in [1.807, 2.05) is 49.4 Å². The van der Waals surface area contributed by atoms with Crippen molar-refractivity contribution < 1.29 is 9.90 Å². The van der Waals surface area contributed by atoms with Gasteiger partial charge in [-0.2, -0.15) is 0 Å². The number of hydrogen-bond donors (Lipinski definition) is 1. The quantitative estimate of drug-likeness (QED) is 0.592. The SMILES string of the molecule is Cc1cc(P(c2ccccc2)c2ccccc2)cc(C=O)c1O. The van der Waals surface area contributed by atoms with Gasteiger partial charge < -0.3 is 5.11 Å². The number of aromatic hydroxyl groups is 1. The molecule has 3 aromatic carbocycles. The first kappa shape index (κ1) is 15.5. The van der Waals surface area contributed by atoms with Gasteiger partial charge in [0.05, 0.1) is 5.56 Å². The average Bonchev–Trinajstić information content (AvgIpc) is 2.60. The Balaban J connectivity index is 2.21. The summed E-state index contributed by atoms with van der Waals surface area (Å²) >= 11 is 0. The molecule has 114 valence electrons. The van der Waals surface area contributed by atoms with E-state index < -0.39 is 7.92 Å². The third kappa shape index (κ3) is 3.18. The smallest absolute Gasteiger partial charge is 0.153 e. The molecule has 0 aliphatic carbocycles. The molecule has 1 N–H and O–H groups in total. The Bertz CT molecular complexity index is 774. The van der Waals surface area contributed by atoms with Crippen LogP contribution in [0.2, 0.25) is 0 Å². The van der Waals surface area contributed by atoms with Crippen molar-refractivity contribution in [3.63, 3.8) is 0 Å². The third-order valence-electron chi connectivity index (χ3n) is 3.73.